The summed E-state index contributed by atoms with van der Waals surface area (Å²) in [5.74, 6) is 1.16. The SMILES string of the molecule is C[C@@H]1CN(c2ccc(Cl)cn2)C[C@H](C)N1CC(=O)N1CC=C(c2cccc3ccsc23)CC1. The van der Waals surface area contributed by atoms with Crippen molar-refractivity contribution in [2.45, 2.75) is 32.4 Å². The molecule has 5 rings (SSSR count). The highest BCUT2D eigenvalue weighted by atomic mass is 35.5. The van der Waals surface area contributed by atoms with E-state index in [1.165, 1.54) is 21.2 Å². The van der Waals surface area contributed by atoms with Gasteiger partial charge in [-0.1, -0.05) is 35.9 Å². The third-order valence-corrected chi connectivity index (χ3v) is 8.03. The monoisotopic (exact) mass is 480 g/mol. The smallest absolute Gasteiger partial charge is 0.237 e. The molecule has 0 spiro atoms. The molecule has 2 aliphatic heterocycles. The third kappa shape index (κ3) is 4.65. The summed E-state index contributed by atoms with van der Waals surface area (Å²) in [4.78, 5) is 24.3. The second-order valence-corrected chi connectivity index (χ2v) is 10.4. The van der Waals surface area contributed by atoms with Crippen molar-refractivity contribution >= 4 is 50.3 Å². The molecule has 0 unspecified atom stereocenters. The number of nitrogens with zero attached hydrogens (tertiary/aromatic N) is 4. The highest BCUT2D eigenvalue weighted by molar-refractivity contribution is 7.17. The number of thiophene rings is 1. The van der Waals surface area contributed by atoms with E-state index in [1.54, 1.807) is 17.5 Å². The van der Waals surface area contributed by atoms with Crippen LogP contribution in [-0.2, 0) is 4.79 Å². The molecular weight excluding hydrogens is 452 g/mol. The molecule has 0 bridgehead atoms. The number of piperazine rings is 1. The summed E-state index contributed by atoms with van der Waals surface area (Å²) in [7, 11) is 0. The number of hydrogen-bond donors (Lipinski definition) is 0. The molecule has 1 fully saturated rings. The van der Waals surface area contributed by atoms with E-state index >= 15 is 0 Å². The van der Waals surface area contributed by atoms with E-state index in [0.29, 0.717) is 18.1 Å². The number of halogens is 1. The van der Waals surface area contributed by atoms with E-state index in [9.17, 15) is 4.79 Å². The summed E-state index contributed by atoms with van der Waals surface area (Å²) >= 11 is 7.79. The Kier molecular flexibility index (Phi) is 6.41. The molecule has 2 aromatic heterocycles. The van der Waals surface area contributed by atoms with Gasteiger partial charge in [0, 0.05) is 49.2 Å². The summed E-state index contributed by atoms with van der Waals surface area (Å²) in [6.45, 7) is 8.02. The molecule has 0 N–H and O–H groups in total. The van der Waals surface area contributed by atoms with Gasteiger partial charge in [0.25, 0.3) is 0 Å². The maximum Gasteiger partial charge on any atom is 0.237 e. The zero-order valence-corrected chi connectivity index (χ0v) is 20.6. The first-order valence-electron chi connectivity index (χ1n) is 11.6. The fourth-order valence-electron chi connectivity index (χ4n) is 5.05. The largest absolute Gasteiger partial charge is 0.354 e. The molecular formula is C26H29ClN4OS. The van der Waals surface area contributed by atoms with E-state index in [0.717, 1.165) is 31.9 Å². The fourth-order valence-corrected chi connectivity index (χ4v) is 6.11. The van der Waals surface area contributed by atoms with Gasteiger partial charge in [0.15, 0.2) is 0 Å². The van der Waals surface area contributed by atoms with Crippen LogP contribution in [0.5, 0.6) is 0 Å². The van der Waals surface area contributed by atoms with Crippen LogP contribution in [0.2, 0.25) is 5.02 Å². The van der Waals surface area contributed by atoms with Crippen molar-refractivity contribution < 1.29 is 4.79 Å². The standard InChI is InChI=1S/C26H29ClN4OS/c1-18-15-30(24-7-6-22(27)14-28-24)16-19(2)31(18)17-25(32)29-11-8-20(9-12-29)23-5-3-4-21-10-13-33-26(21)23/h3-8,10,13-14,18-19H,9,11-12,15-17H2,1-2H3/t18-,19+. The summed E-state index contributed by atoms with van der Waals surface area (Å²) in [5.41, 5.74) is 2.68. The minimum Gasteiger partial charge on any atom is -0.354 e. The van der Waals surface area contributed by atoms with Crippen LogP contribution < -0.4 is 4.90 Å². The molecule has 1 amide bonds. The van der Waals surface area contributed by atoms with Crippen LogP contribution in [-0.4, -0.2) is 65.5 Å². The second-order valence-electron chi connectivity index (χ2n) is 9.07. The first-order valence-corrected chi connectivity index (χ1v) is 12.8. The Morgan fingerprint density at radius 1 is 1.15 bits per heavy atom. The van der Waals surface area contributed by atoms with E-state index in [2.05, 4.69) is 64.4 Å². The number of rotatable bonds is 4. The van der Waals surface area contributed by atoms with Crippen LogP contribution >= 0.6 is 22.9 Å². The van der Waals surface area contributed by atoms with Crippen LogP contribution in [0.25, 0.3) is 15.7 Å². The molecule has 3 aromatic rings. The zero-order chi connectivity index (χ0) is 22.9. The van der Waals surface area contributed by atoms with Gasteiger partial charge in [-0.15, -0.1) is 11.3 Å². The Labute approximate surface area is 204 Å². The molecule has 5 nitrogen and oxygen atoms in total. The van der Waals surface area contributed by atoms with Crippen molar-refractivity contribution in [3.63, 3.8) is 0 Å². The number of pyridine rings is 1. The fraction of sp³-hybridized carbons (Fsp3) is 0.385. The average molecular weight is 481 g/mol. The number of fused-ring (bicyclic) bond motifs is 1. The maximum atomic E-state index is 13.2. The van der Waals surface area contributed by atoms with Gasteiger partial charge in [-0.25, -0.2) is 4.98 Å². The molecule has 0 saturated carbocycles. The lowest BCUT2D eigenvalue weighted by Gasteiger charge is -2.45. The Bertz CT molecular complexity index is 1160. The third-order valence-electron chi connectivity index (χ3n) is 6.84. The molecule has 1 saturated heterocycles. The van der Waals surface area contributed by atoms with Crippen LogP contribution in [0.1, 0.15) is 25.8 Å². The first-order chi connectivity index (χ1) is 16.0. The normalized spacial score (nSPS) is 22.0. The van der Waals surface area contributed by atoms with E-state index in [-0.39, 0.29) is 18.0 Å². The number of aromatic nitrogens is 1. The molecule has 33 heavy (non-hydrogen) atoms. The van der Waals surface area contributed by atoms with E-state index < -0.39 is 0 Å². The molecule has 4 heterocycles. The number of carbonyl (C=O) groups is 1. The van der Waals surface area contributed by atoms with Gasteiger partial charge >= 0.3 is 0 Å². The van der Waals surface area contributed by atoms with E-state index in [4.69, 9.17) is 11.6 Å². The van der Waals surface area contributed by atoms with Crippen LogP contribution in [0, 0.1) is 0 Å². The highest BCUT2D eigenvalue weighted by Gasteiger charge is 2.32. The Hall–Kier alpha value is -2.41. The van der Waals surface area contributed by atoms with Crippen molar-refractivity contribution in [2.75, 3.05) is 37.6 Å². The van der Waals surface area contributed by atoms with Crippen LogP contribution in [0.15, 0.2) is 54.1 Å². The maximum absolute atomic E-state index is 13.2. The van der Waals surface area contributed by atoms with E-state index in [1.807, 2.05) is 17.0 Å². The summed E-state index contributed by atoms with van der Waals surface area (Å²) < 4.78 is 1.35. The van der Waals surface area contributed by atoms with Crippen molar-refractivity contribution in [2.24, 2.45) is 0 Å². The highest BCUT2D eigenvalue weighted by Crippen LogP contribution is 2.32. The van der Waals surface area contributed by atoms with Crippen LogP contribution in [0.3, 0.4) is 0 Å². The minimum absolute atomic E-state index is 0.219. The van der Waals surface area contributed by atoms with Crippen molar-refractivity contribution in [1.82, 2.24) is 14.8 Å². The van der Waals surface area contributed by atoms with Crippen molar-refractivity contribution in [3.8, 4) is 0 Å². The molecule has 0 aliphatic carbocycles. The van der Waals surface area contributed by atoms with Gasteiger partial charge in [-0.05, 0) is 60.4 Å². The zero-order valence-electron chi connectivity index (χ0n) is 19.1. The predicted octanol–water partition coefficient (Wildman–Crippen LogP) is 5.16. The number of benzene rings is 1. The average Bonchev–Trinajstić information content (AvgIpc) is 3.31. The molecule has 2 atom stereocenters. The summed E-state index contributed by atoms with van der Waals surface area (Å²) in [6, 6.07) is 13.1. The number of amides is 1. The summed E-state index contributed by atoms with van der Waals surface area (Å²) in [5, 5.41) is 4.10. The molecule has 1 aromatic carbocycles. The summed E-state index contributed by atoms with van der Waals surface area (Å²) in [6.07, 6.45) is 4.84. The minimum atomic E-state index is 0.219. The topological polar surface area (TPSA) is 39.7 Å². The van der Waals surface area contributed by atoms with Gasteiger partial charge in [-0.2, -0.15) is 0 Å². The first kappa shape index (κ1) is 22.4. The van der Waals surface area contributed by atoms with Gasteiger partial charge < -0.3 is 9.80 Å². The predicted molar refractivity (Wildman–Crippen MR) is 138 cm³/mol. The quantitative estimate of drug-likeness (QED) is 0.516. The Morgan fingerprint density at radius 2 is 1.97 bits per heavy atom. The second kappa shape index (κ2) is 9.45. The Morgan fingerprint density at radius 3 is 2.67 bits per heavy atom. The molecule has 2 aliphatic rings. The van der Waals surface area contributed by atoms with Crippen LogP contribution in [0.4, 0.5) is 5.82 Å². The van der Waals surface area contributed by atoms with Gasteiger partial charge in [0.2, 0.25) is 5.91 Å². The lowest BCUT2D eigenvalue weighted by Crippen LogP contribution is -2.59. The van der Waals surface area contributed by atoms with Gasteiger partial charge in [0.1, 0.15) is 5.82 Å². The van der Waals surface area contributed by atoms with Crippen molar-refractivity contribution in [1.29, 1.82) is 0 Å². The molecule has 172 valence electrons. The van der Waals surface area contributed by atoms with Gasteiger partial charge in [-0.3, -0.25) is 9.69 Å². The van der Waals surface area contributed by atoms with Crippen molar-refractivity contribution in [3.05, 3.63) is 64.6 Å². The lowest BCUT2D eigenvalue weighted by molar-refractivity contribution is -0.133. The number of carbonyl (C=O) groups excluding carboxylic acids is 1. The Balaban J connectivity index is 1.21. The molecule has 7 heteroatoms. The van der Waals surface area contributed by atoms with Gasteiger partial charge in [0.05, 0.1) is 11.6 Å². The lowest BCUT2D eigenvalue weighted by atomic mass is 9.98. The number of anilines is 1. The number of hydrogen-bond acceptors (Lipinski definition) is 5. The molecule has 0 radical (unpaired) electrons.